The molecule has 1 fully saturated rings. The number of amides is 2. The van der Waals surface area contributed by atoms with Crippen molar-refractivity contribution in [1.29, 1.82) is 0 Å². The smallest absolute Gasteiger partial charge is 0.270 e. The molecule has 1 aliphatic rings. The molecule has 0 bridgehead atoms. The first-order chi connectivity index (χ1) is 11.0. The van der Waals surface area contributed by atoms with E-state index in [1.807, 2.05) is 32.0 Å². The molecule has 0 aromatic heterocycles. The molecule has 1 aromatic carbocycles. The van der Waals surface area contributed by atoms with E-state index in [0.29, 0.717) is 0 Å². The lowest BCUT2D eigenvalue weighted by atomic mass is 10.1. The number of hydrogen-bond acceptors (Lipinski definition) is 4. The van der Waals surface area contributed by atoms with E-state index >= 15 is 0 Å². The molecular formula is C17H23N3O3. The van der Waals surface area contributed by atoms with Gasteiger partial charge in [-0.3, -0.25) is 9.59 Å². The van der Waals surface area contributed by atoms with Crippen molar-refractivity contribution in [2.45, 2.75) is 45.6 Å². The predicted octanol–water partition coefficient (Wildman–Crippen LogP) is 2.30. The monoisotopic (exact) mass is 317 g/mol. The molecule has 23 heavy (non-hydrogen) atoms. The zero-order valence-electron chi connectivity index (χ0n) is 13.6. The summed E-state index contributed by atoms with van der Waals surface area (Å²) in [5.74, 6) is -0.600. The van der Waals surface area contributed by atoms with Gasteiger partial charge in [0.2, 0.25) is 0 Å². The SMILES string of the molecule is Cc1ccc(NC(=O)/C=N\OCC(=O)NC2CCCC2)c(C)c1. The number of benzene rings is 1. The van der Waals surface area contributed by atoms with Crippen LogP contribution in [0.2, 0.25) is 0 Å². The lowest BCUT2D eigenvalue weighted by molar-refractivity contribution is -0.126. The van der Waals surface area contributed by atoms with Gasteiger partial charge in [0.25, 0.3) is 11.8 Å². The van der Waals surface area contributed by atoms with Crippen LogP contribution in [0.3, 0.4) is 0 Å². The van der Waals surface area contributed by atoms with Crippen LogP contribution in [0.5, 0.6) is 0 Å². The number of carbonyl (C=O) groups excluding carboxylic acids is 2. The summed E-state index contributed by atoms with van der Waals surface area (Å²) in [6.07, 6.45) is 5.38. The minimum absolute atomic E-state index is 0.177. The van der Waals surface area contributed by atoms with Crippen molar-refractivity contribution in [2.24, 2.45) is 5.16 Å². The van der Waals surface area contributed by atoms with Crippen molar-refractivity contribution in [3.05, 3.63) is 29.3 Å². The Morgan fingerprint density at radius 3 is 2.74 bits per heavy atom. The summed E-state index contributed by atoms with van der Waals surface area (Å²) in [5.41, 5.74) is 2.83. The summed E-state index contributed by atoms with van der Waals surface area (Å²) in [5, 5.41) is 9.13. The van der Waals surface area contributed by atoms with Crippen molar-refractivity contribution >= 4 is 23.7 Å². The Morgan fingerprint density at radius 2 is 2.04 bits per heavy atom. The van der Waals surface area contributed by atoms with Gasteiger partial charge in [-0.15, -0.1) is 0 Å². The van der Waals surface area contributed by atoms with Crippen LogP contribution in [0.1, 0.15) is 36.8 Å². The number of rotatable bonds is 6. The molecule has 0 radical (unpaired) electrons. The van der Waals surface area contributed by atoms with Crippen LogP contribution in [0, 0.1) is 13.8 Å². The molecule has 0 spiro atoms. The highest BCUT2D eigenvalue weighted by Crippen LogP contribution is 2.17. The number of carbonyl (C=O) groups is 2. The topological polar surface area (TPSA) is 79.8 Å². The fraction of sp³-hybridized carbons (Fsp3) is 0.471. The molecule has 6 nitrogen and oxygen atoms in total. The highest BCUT2D eigenvalue weighted by molar-refractivity contribution is 6.31. The number of aryl methyl sites for hydroxylation is 2. The first-order valence-corrected chi connectivity index (χ1v) is 7.87. The molecule has 6 heteroatoms. The number of anilines is 1. The van der Waals surface area contributed by atoms with E-state index in [1.54, 1.807) is 0 Å². The second-order valence-electron chi connectivity index (χ2n) is 5.86. The van der Waals surface area contributed by atoms with Crippen LogP contribution in [-0.4, -0.2) is 30.7 Å². The predicted molar refractivity (Wildman–Crippen MR) is 89.4 cm³/mol. The molecule has 0 atom stereocenters. The molecule has 124 valence electrons. The fourth-order valence-corrected chi connectivity index (χ4v) is 2.64. The average molecular weight is 317 g/mol. The molecule has 0 heterocycles. The van der Waals surface area contributed by atoms with Gasteiger partial charge in [-0.25, -0.2) is 0 Å². The number of nitrogens with zero attached hydrogens (tertiary/aromatic N) is 1. The van der Waals surface area contributed by atoms with E-state index in [4.69, 9.17) is 4.84 Å². The molecule has 1 aromatic rings. The van der Waals surface area contributed by atoms with E-state index in [0.717, 1.165) is 48.7 Å². The minimum atomic E-state index is -0.395. The quantitative estimate of drug-likeness (QED) is 0.624. The Hall–Kier alpha value is -2.37. The van der Waals surface area contributed by atoms with E-state index in [1.165, 1.54) is 0 Å². The third-order valence-corrected chi connectivity index (χ3v) is 3.80. The van der Waals surface area contributed by atoms with Gasteiger partial charge in [0, 0.05) is 11.7 Å². The Kier molecular flexibility index (Phi) is 6.14. The van der Waals surface area contributed by atoms with Crippen molar-refractivity contribution in [3.63, 3.8) is 0 Å². The highest BCUT2D eigenvalue weighted by atomic mass is 16.6. The van der Waals surface area contributed by atoms with Crippen LogP contribution in [0.15, 0.2) is 23.4 Å². The molecule has 2 amide bonds. The maximum absolute atomic E-state index is 11.7. The maximum Gasteiger partial charge on any atom is 0.270 e. The zero-order valence-corrected chi connectivity index (χ0v) is 13.6. The van der Waals surface area contributed by atoms with Crippen LogP contribution in [0.4, 0.5) is 5.69 Å². The van der Waals surface area contributed by atoms with Crippen molar-refractivity contribution in [2.75, 3.05) is 11.9 Å². The third-order valence-electron chi connectivity index (χ3n) is 3.80. The molecule has 2 rings (SSSR count). The van der Waals surface area contributed by atoms with Crippen LogP contribution in [-0.2, 0) is 14.4 Å². The van der Waals surface area contributed by atoms with Crippen molar-refractivity contribution in [1.82, 2.24) is 5.32 Å². The minimum Gasteiger partial charge on any atom is -0.386 e. The number of oxime groups is 1. The molecule has 0 unspecified atom stereocenters. The lowest BCUT2D eigenvalue weighted by Gasteiger charge is -2.10. The maximum atomic E-state index is 11.7. The molecule has 0 aliphatic heterocycles. The Morgan fingerprint density at radius 1 is 1.30 bits per heavy atom. The molecule has 1 aliphatic carbocycles. The van der Waals surface area contributed by atoms with Gasteiger partial charge in [-0.05, 0) is 38.3 Å². The van der Waals surface area contributed by atoms with E-state index < -0.39 is 5.91 Å². The van der Waals surface area contributed by atoms with Gasteiger partial charge >= 0.3 is 0 Å². The Balaban J connectivity index is 1.70. The van der Waals surface area contributed by atoms with Gasteiger partial charge in [0.15, 0.2) is 6.61 Å². The summed E-state index contributed by atoms with van der Waals surface area (Å²) in [6.45, 7) is 3.73. The molecular weight excluding hydrogens is 294 g/mol. The van der Waals surface area contributed by atoms with Crippen LogP contribution < -0.4 is 10.6 Å². The normalized spacial score (nSPS) is 14.9. The second-order valence-corrected chi connectivity index (χ2v) is 5.86. The summed E-state index contributed by atoms with van der Waals surface area (Å²) in [6, 6.07) is 6.00. The van der Waals surface area contributed by atoms with Crippen LogP contribution in [0.25, 0.3) is 0 Å². The fourth-order valence-electron chi connectivity index (χ4n) is 2.64. The van der Waals surface area contributed by atoms with Crippen molar-refractivity contribution in [3.8, 4) is 0 Å². The summed E-state index contributed by atoms with van der Waals surface area (Å²) >= 11 is 0. The van der Waals surface area contributed by atoms with Gasteiger partial charge in [0.05, 0.1) is 0 Å². The van der Waals surface area contributed by atoms with E-state index in [9.17, 15) is 9.59 Å². The summed E-state index contributed by atoms with van der Waals surface area (Å²) < 4.78 is 0. The van der Waals surface area contributed by atoms with Gasteiger partial charge in [-0.1, -0.05) is 35.7 Å². The van der Waals surface area contributed by atoms with Crippen LogP contribution >= 0.6 is 0 Å². The largest absolute Gasteiger partial charge is 0.386 e. The Bertz CT molecular complexity index is 593. The van der Waals surface area contributed by atoms with Gasteiger partial charge in [0.1, 0.15) is 6.21 Å². The lowest BCUT2D eigenvalue weighted by Crippen LogP contribution is -2.35. The first kappa shape index (κ1) is 17.0. The average Bonchev–Trinajstić information content (AvgIpc) is 2.99. The second kappa shape index (κ2) is 8.31. The molecule has 0 saturated heterocycles. The van der Waals surface area contributed by atoms with E-state index in [2.05, 4.69) is 15.8 Å². The highest BCUT2D eigenvalue weighted by Gasteiger charge is 2.16. The van der Waals surface area contributed by atoms with Crippen molar-refractivity contribution < 1.29 is 14.4 Å². The molecule has 1 saturated carbocycles. The van der Waals surface area contributed by atoms with Gasteiger partial charge < -0.3 is 15.5 Å². The number of nitrogens with one attached hydrogen (secondary N) is 2. The van der Waals surface area contributed by atoms with E-state index in [-0.39, 0.29) is 18.6 Å². The standard InChI is InChI=1S/C17H23N3O3/c1-12-7-8-15(13(2)9-12)20-16(21)10-18-23-11-17(22)19-14-5-3-4-6-14/h7-10,14H,3-6,11H2,1-2H3,(H,19,22)(H,20,21)/b18-10-. The summed E-state index contributed by atoms with van der Waals surface area (Å²) in [7, 11) is 0. The Labute approximate surface area is 136 Å². The number of hydrogen-bond donors (Lipinski definition) is 2. The third kappa shape index (κ3) is 5.73. The van der Waals surface area contributed by atoms with Gasteiger partial charge in [-0.2, -0.15) is 0 Å². The summed E-state index contributed by atoms with van der Waals surface area (Å²) in [4.78, 5) is 28.2. The first-order valence-electron chi connectivity index (χ1n) is 7.87. The zero-order chi connectivity index (χ0) is 16.7. The molecule has 2 N–H and O–H groups in total.